The summed E-state index contributed by atoms with van der Waals surface area (Å²) in [6, 6.07) is 6.63. The zero-order chi connectivity index (χ0) is 18.1. The summed E-state index contributed by atoms with van der Waals surface area (Å²) in [5.74, 6) is 1.62. The molecule has 0 bridgehead atoms. The van der Waals surface area contributed by atoms with Crippen LogP contribution in [0.5, 0.6) is 0 Å². The molecule has 0 unspecified atom stereocenters. The lowest BCUT2D eigenvalue weighted by Crippen LogP contribution is -2.37. The van der Waals surface area contributed by atoms with Crippen molar-refractivity contribution in [3.63, 3.8) is 0 Å². The monoisotopic (exact) mass is 366 g/mol. The quantitative estimate of drug-likeness (QED) is 0.392. The van der Waals surface area contributed by atoms with Crippen LogP contribution in [-0.2, 0) is 16.6 Å². The fraction of sp³-hybridized carbons (Fsp3) is 0.611. The lowest BCUT2D eigenvalue weighted by Gasteiger charge is -2.21. The van der Waals surface area contributed by atoms with E-state index in [9.17, 15) is 8.42 Å². The molecule has 0 aromatic heterocycles. The molecule has 2 rings (SSSR count). The minimum atomic E-state index is -3.67. The summed E-state index contributed by atoms with van der Waals surface area (Å²) in [6.07, 6.45) is 9.36. The van der Waals surface area contributed by atoms with Gasteiger partial charge in [-0.15, -0.1) is 0 Å². The SMILES string of the molecule is CN=C(NCCCC1CCCCC1)NCc1cccc(S(N)(=O)=O)c1. The molecule has 0 aliphatic heterocycles. The van der Waals surface area contributed by atoms with Crippen molar-refractivity contribution in [3.8, 4) is 0 Å². The zero-order valence-corrected chi connectivity index (χ0v) is 15.8. The molecule has 1 aliphatic rings. The molecule has 1 aromatic carbocycles. The molecule has 1 saturated carbocycles. The van der Waals surface area contributed by atoms with Gasteiger partial charge in [-0.2, -0.15) is 0 Å². The molecule has 7 heteroatoms. The van der Waals surface area contributed by atoms with Crippen molar-refractivity contribution in [2.24, 2.45) is 16.0 Å². The highest BCUT2D eigenvalue weighted by Gasteiger charge is 2.12. The normalized spacial score (nSPS) is 16.6. The van der Waals surface area contributed by atoms with Crippen LogP contribution in [0.3, 0.4) is 0 Å². The lowest BCUT2D eigenvalue weighted by molar-refractivity contribution is 0.332. The molecular formula is C18H30N4O2S. The molecule has 1 aromatic rings. The van der Waals surface area contributed by atoms with Gasteiger partial charge >= 0.3 is 0 Å². The van der Waals surface area contributed by atoms with Gasteiger partial charge in [0.15, 0.2) is 5.96 Å². The van der Waals surface area contributed by atoms with Crippen molar-refractivity contribution in [1.82, 2.24) is 10.6 Å². The summed E-state index contributed by atoms with van der Waals surface area (Å²) in [5.41, 5.74) is 0.844. The molecule has 25 heavy (non-hydrogen) atoms. The van der Waals surface area contributed by atoms with Crippen LogP contribution < -0.4 is 15.8 Å². The minimum Gasteiger partial charge on any atom is -0.356 e. The number of guanidine groups is 1. The number of aliphatic imine (C=N–C) groups is 1. The fourth-order valence-corrected chi connectivity index (χ4v) is 3.90. The van der Waals surface area contributed by atoms with E-state index in [1.807, 2.05) is 6.07 Å². The van der Waals surface area contributed by atoms with Crippen LogP contribution in [0.15, 0.2) is 34.2 Å². The topological polar surface area (TPSA) is 96.6 Å². The van der Waals surface area contributed by atoms with Crippen molar-refractivity contribution >= 4 is 16.0 Å². The van der Waals surface area contributed by atoms with Crippen molar-refractivity contribution in [1.29, 1.82) is 0 Å². The van der Waals surface area contributed by atoms with Crippen LogP contribution in [0.25, 0.3) is 0 Å². The molecule has 1 aliphatic carbocycles. The smallest absolute Gasteiger partial charge is 0.238 e. The average Bonchev–Trinajstić information content (AvgIpc) is 2.61. The van der Waals surface area contributed by atoms with E-state index in [0.29, 0.717) is 6.54 Å². The first-order valence-electron chi connectivity index (χ1n) is 9.05. The van der Waals surface area contributed by atoms with Crippen molar-refractivity contribution < 1.29 is 8.42 Å². The Morgan fingerprint density at radius 3 is 2.68 bits per heavy atom. The Morgan fingerprint density at radius 1 is 1.24 bits per heavy atom. The number of nitrogens with two attached hydrogens (primary N) is 1. The number of nitrogens with zero attached hydrogens (tertiary/aromatic N) is 1. The van der Waals surface area contributed by atoms with E-state index in [0.717, 1.165) is 30.4 Å². The molecule has 0 amide bonds. The summed E-state index contributed by atoms with van der Waals surface area (Å²) in [6.45, 7) is 1.39. The van der Waals surface area contributed by atoms with Gasteiger partial charge in [0.05, 0.1) is 4.90 Å². The summed E-state index contributed by atoms with van der Waals surface area (Å²) in [4.78, 5) is 4.34. The van der Waals surface area contributed by atoms with Crippen LogP contribution in [-0.4, -0.2) is 28.0 Å². The highest BCUT2D eigenvalue weighted by Crippen LogP contribution is 2.26. The maximum absolute atomic E-state index is 11.4. The molecule has 0 radical (unpaired) electrons. The maximum Gasteiger partial charge on any atom is 0.238 e. The van der Waals surface area contributed by atoms with E-state index >= 15 is 0 Å². The Balaban J connectivity index is 1.73. The summed E-state index contributed by atoms with van der Waals surface area (Å²) in [5, 5.41) is 11.7. The van der Waals surface area contributed by atoms with Crippen LogP contribution >= 0.6 is 0 Å². The second-order valence-corrected chi connectivity index (χ2v) is 8.25. The minimum absolute atomic E-state index is 0.127. The lowest BCUT2D eigenvalue weighted by atomic mass is 9.86. The Morgan fingerprint density at radius 2 is 2.00 bits per heavy atom. The third-order valence-corrected chi connectivity index (χ3v) is 5.63. The first-order chi connectivity index (χ1) is 12.0. The van der Waals surface area contributed by atoms with E-state index in [-0.39, 0.29) is 4.90 Å². The first kappa shape index (κ1) is 19.7. The average molecular weight is 367 g/mol. The van der Waals surface area contributed by atoms with Gasteiger partial charge in [0, 0.05) is 20.1 Å². The number of primary sulfonamides is 1. The predicted molar refractivity (Wildman–Crippen MR) is 102 cm³/mol. The van der Waals surface area contributed by atoms with Crippen LogP contribution in [0.4, 0.5) is 0 Å². The third kappa shape index (κ3) is 7.04. The van der Waals surface area contributed by atoms with E-state index in [1.165, 1.54) is 44.6 Å². The van der Waals surface area contributed by atoms with E-state index < -0.39 is 10.0 Å². The van der Waals surface area contributed by atoms with Crippen molar-refractivity contribution in [2.75, 3.05) is 13.6 Å². The summed E-state index contributed by atoms with van der Waals surface area (Å²) < 4.78 is 22.8. The standard InChI is InChI=1S/C18H30N4O2S/c1-20-18(21-12-6-10-15-7-3-2-4-8-15)22-14-16-9-5-11-17(13-16)25(19,23)24/h5,9,11,13,15H,2-4,6-8,10,12,14H2,1H3,(H2,19,23,24)(H2,20,21,22). The van der Waals surface area contributed by atoms with Gasteiger partial charge in [-0.3, -0.25) is 4.99 Å². The molecule has 0 spiro atoms. The molecule has 1 fully saturated rings. The van der Waals surface area contributed by atoms with Gasteiger partial charge in [-0.1, -0.05) is 44.2 Å². The van der Waals surface area contributed by atoms with E-state index in [1.54, 1.807) is 19.2 Å². The molecule has 0 heterocycles. The fourth-order valence-electron chi connectivity index (χ4n) is 3.31. The Labute approximate surface area is 151 Å². The Kier molecular flexibility index (Phi) is 7.71. The van der Waals surface area contributed by atoms with Crippen molar-refractivity contribution in [3.05, 3.63) is 29.8 Å². The van der Waals surface area contributed by atoms with Crippen LogP contribution in [0, 0.1) is 5.92 Å². The van der Waals surface area contributed by atoms with Crippen LogP contribution in [0.1, 0.15) is 50.5 Å². The van der Waals surface area contributed by atoms with E-state index in [2.05, 4.69) is 15.6 Å². The number of rotatable bonds is 7. The predicted octanol–water partition coefficient (Wildman–Crippen LogP) is 2.36. The first-order valence-corrected chi connectivity index (χ1v) is 10.6. The van der Waals surface area contributed by atoms with Gasteiger partial charge < -0.3 is 10.6 Å². The van der Waals surface area contributed by atoms with Gasteiger partial charge in [-0.25, -0.2) is 13.6 Å². The van der Waals surface area contributed by atoms with Gasteiger partial charge in [-0.05, 0) is 36.5 Å². The molecular weight excluding hydrogens is 336 g/mol. The van der Waals surface area contributed by atoms with E-state index in [4.69, 9.17) is 5.14 Å². The number of nitrogens with one attached hydrogen (secondary N) is 2. The van der Waals surface area contributed by atoms with Gasteiger partial charge in [0.1, 0.15) is 0 Å². The highest BCUT2D eigenvalue weighted by atomic mass is 32.2. The molecule has 140 valence electrons. The third-order valence-electron chi connectivity index (χ3n) is 4.72. The van der Waals surface area contributed by atoms with Crippen molar-refractivity contribution in [2.45, 2.75) is 56.4 Å². The zero-order valence-electron chi connectivity index (χ0n) is 15.0. The molecule has 0 saturated heterocycles. The molecule has 0 atom stereocenters. The largest absolute Gasteiger partial charge is 0.356 e. The number of hydrogen-bond acceptors (Lipinski definition) is 3. The Bertz CT molecular complexity index is 667. The van der Waals surface area contributed by atoms with Crippen LogP contribution in [0.2, 0.25) is 0 Å². The molecule has 4 N–H and O–H groups in total. The number of benzene rings is 1. The Hall–Kier alpha value is -1.60. The van der Waals surface area contributed by atoms with Gasteiger partial charge in [0.25, 0.3) is 0 Å². The second kappa shape index (κ2) is 9.77. The summed E-state index contributed by atoms with van der Waals surface area (Å²) >= 11 is 0. The van der Waals surface area contributed by atoms with Gasteiger partial charge in [0.2, 0.25) is 10.0 Å². The summed E-state index contributed by atoms with van der Waals surface area (Å²) in [7, 11) is -1.94. The molecule has 6 nitrogen and oxygen atoms in total. The number of sulfonamides is 1. The number of hydrogen-bond donors (Lipinski definition) is 3. The maximum atomic E-state index is 11.4. The second-order valence-electron chi connectivity index (χ2n) is 6.69. The highest BCUT2D eigenvalue weighted by molar-refractivity contribution is 7.89.